The average Bonchev–Trinajstić information content (AvgIpc) is 2.92. The molecule has 0 spiro atoms. The minimum Gasteiger partial charge on any atom is -0.383 e. The van der Waals surface area contributed by atoms with E-state index in [-0.39, 0.29) is 0 Å². The highest BCUT2D eigenvalue weighted by Gasteiger charge is 2.09. The van der Waals surface area contributed by atoms with Crippen molar-refractivity contribution in [1.29, 1.82) is 0 Å². The molecule has 4 nitrogen and oxygen atoms in total. The number of nitrogens with zero attached hydrogens (tertiary/aromatic N) is 2. The number of hydrogen-bond donors (Lipinski definition) is 1. The van der Waals surface area contributed by atoms with Crippen LogP contribution in [0.4, 0.5) is 0 Å². The van der Waals surface area contributed by atoms with Gasteiger partial charge in [0.15, 0.2) is 0 Å². The Morgan fingerprint density at radius 1 is 1.35 bits per heavy atom. The zero-order chi connectivity index (χ0) is 14.8. The van der Waals surface area contributed by atoms with E-state index < -0.39 is 0 Å². The molecule has 20 heavy (non-hydrogen) atoms. The van der Waals surface area contributed by atoms with E-state index in [1.165, 1.54) is 12.1 Å². The van der Waals surface area contributed by atoms with Gasteiger partial charge >= 0.3 is 0 Å². The Bertz CT molecular complexity index is 347. The standard InChI is InChI=1S/C16H31N3O/c1-5-16(6-2)19-11-9-15(18-19)8-7-14(3)13-17-10-12-20-4/h9,11,14,16-17H,5-8,10,12-13H2,1-4H3. The van der Waals surface area contributed by atoms with Gasteiger partial charge in [-0.1, -0.05) is 20.8 Å². The molecule has 0 bridgehead atoms. The SMILES string of the molecule is CCC(CC)n1ccc(CCC(C)CNCCOC)n1. The smallest absolute Gasteiger partial charge is 0.0624 e. The Balaban J connectivity index is 2.27. The largest absolute Gasteiger partial charge is 0.383 e. The van der Waals surface area contributed by atoms with Crippen molar-refractivity contribution in [3.05, 3.63) is 18.0 Å². The lowest BCUT2D eigenvalue weighted by molar-refractivity contribution is 0.198. The highest BCUT2D eigenvalue weighted by Crippen LogP contribution is 2.15. The fourth-order valence-corrected chi connectivity index (χ4v) is 2.40. The first-order chi connectivity index (χ1) is 9.71. The third-order valence-corrected chi connectivity index (χ3v) is 3.85. The van der Waals surface area contributed by atoms with Gasteiger partial charge in [0.25, 0.3) is 0 Å². The van der Waals surface area contributed by atoms with Gasteiger partial charge in [-0.25, -0.2) is 0 Å². The molecule has 0 aliphatic heterocycles. The number of ether oxygens (including phenoxy) is 1. The predicted octanol–water partition coefficient (Wildman–Crippen LogP) is 3.05. The molecule has 0 aliphatic rings. The number of rotatable bonds is 11. The second kappa shape index (κ2) is 9.94. The van der Waals surface area contributed by atoms with Crippen LogP contribution in [0.3, 0.4) is 0 Å². The minimum atomic E-state index is 0.553. The van der Waals surface area contributed by atoms with E-state index in [0.29, 0.717) is 12.0 Å². The lowest BCUT2D eigenvalue weighted by Crippen LogP contribution is -2.25. The molecule has 0 aliphatic carbocycles. The summed E-state index contributed by atoms with van der Waals surface area (Å²) in [7, 11) is 1.74. The third kappa shape index (κ3) is 6.06. The molecule has 1 unspecified atom stereocenters. The number of methoxy groups -OCH3 is 1. The Labute approximate surface area is 123 Å². The summed E-state index contributed by atoms with van der Waals surface area (Å²) in [6, 6.07) is 2.72. The van der Waals surface area contributed by atoms with Crippen LogP contribution >= 0.6 is 0 Å². The lowest BCUT2D eigenvalue weighted by atomic mass is 10.0. The third-order valence-electron chi connectivity index (χ3n) is 3.85. The summed E-state index contributed by atoms with van der Waals surface area (Å²) in [5, 5.41) is 8.12. The first-order valence-electron chi connectivity index (χ1n) is 7.94. The fraction of sp³-hybridized carbons (Fsp3) is 0.812. The van der Waals surface area contributed by atoms with Crippen molar-refractivity contribution in [1.82, 2.24) is 15.1 Å². The average molecular weight is 281 g/mol. The van der Waals surface area contributed by atoms with Crippen molar-refractivity contribution in [3.63, 3.8) is 0 Å². The van der Waals surface area contributed by atoms with Crippen LogP contribution in [0.25, 0.3) is 0 Å². The summed E-state index contributed by atoms with van der Waals surface area (Å²) in [6.07, 6.45) is 6.68. The van der Waals surface area contributed by atoms with Crippen molar-refractivity contribution in [2.75, 3.05) is 26.8 Å². The van der Waals surface area contributed by atoms with Gasteiger partial charge in [0.05, 0.1) is 18.3 Å². The van der Waals surface area contributed by atoms with Crippen molar-refractivity contribution < 1.29 is 4.74 Å². The van der Waals surface area contributed by atoms with E-state index in [4.69, 9.17) is 9.84 Å². The number of nitrogens with one attached hydrogen (secondary N) is 1. The second-order valence-corrected chi connectivity index (χ2v) is 5.60. The van der Waals surface area contributed by atoms with Crippen LogP contribution in [0.15, 0.2) is 12.3 Å². The first kappa shape index (κ1) is 17.2. The zero-order valence-electron chi connectivity index (χ0n) is 13.6. The van der Waals surface area contributed by atoms with Crippen molar-refractivity contribution >= 4 is 0 Å². The van der Waals surface area contributed by atoms with Gasteiger partial charge in [-0.2, -0.15) is 5.10 Å². The summed E-state index contributed by atoms with van der Waals surface area (Å²) in [5.74, 6) is 0.671. The molecule has 116 valence electrons. The Morgan fingerprint density at radius 2 is 2.10 bits per heavy atom. The molecular weight excluding hydrogens is 250 g/mol. The molecule has 4 heteroatoms. The summed E-state index contributed by atoms with van der Waals surface area (Å²) < 4.78 is 7.16. The number of aryl methyl sites for hydroxylation is 1. The Kier molecular flexibility index (Phi) is 8.54. The molecule has 0 fully saturated rings. The minimum absolute atomic E-state index is 0.553. The Hall–Kier alpha value is -0.870. The zero-order valence-corrected chi connectivity index (χ0v) is 13.6. The summed E-state index contributed by atoms with van der Waals surface area (Å²) in [4.78, 5) is 0. The normalized spacial score (nSPS) is 13.1. The molecule has 0 aromatic carbocycles. The van der Waals surface area contributed by atoms with E-state index in [9.17, 15) is 0 Å². The molecule has 1 aromatic heterocycles. The quantitative estimate of drug-likeness (QED) is 0.634. The van der Waals surface area contributed by atoms with E-state index >= 15 is 0 Å². The van der Waals surface area contributed by atoms with E-state index in [0.717, 1.165) is 39.0 Å². The molecule has 1 aromatic rings. The van der Waals surface area contributed by atoms with Gasteiger partial charge in [0, 0.05) is 19.9 Å². The van der Waals surface area contributed by atoms with E-state index in [1.54, 1.807) is 7.11 Å². The summed E-state index contributed by atoms with van der Waals surface area (Å²) in [6.45, 7) is 9.51. The van der Waals surface area contributed by atoms with Crippen LogP contribution in [-0.4, -0.2) is 36.6 Å². The number of hydrogen-bond acceptors (Lipinski definition) is 3. The maximum atomic E-state index is 5.02. The Morgan fingerprint density at radius 3 is 2.75 bits per heavy atom. The molecule has 0 amide bonds. The molecule has 1 atom stereocenters. The van der Waals surface area contributed by atoms with E-state index in [2.05, 4.69) is 43.0 Å². The molecule has 1 N–H and O–H groups in total. The van der Waals surface area contributed by atoms with Gasteiger partial charge in [-0.05, 0) is 44.2 Å². The van der Waals surface area contributed by atoms with Crippen LogP contribution in [0.5, 0.6) is 0 Å². The highest BCUT2D eigenvalue weighted by molar-refractivity contribution is 5.00. The van der Waals surface area contributed by atoms with Crippen molar-refractivity contribution in [3.8, 4) is 0 Å². The van der Waals surface area contributed by atoms with Gasteiger partial charge in [-0.15, -0.1) is 0 Å². The van der Waals surface area contributed by atoms with Gasteiger partial charge in [-0.3, -0.25) is 4.68 Å². The van der Waals surface area contributed by atoms with Crippen LogP contribution in [0.1, 0.15) is 51.8 Å². The number of aromatic nitrogens is 2. The molecule has 1 heterocycles. The van der Waals surface area contributed by atoms with Gasteiger partial charge in [0.1, 0.15) is 0 Å². The fourth-order valence-electron chi connectivity index (χ4n) is 2.40. The summed E-state index contributed by atoms with van der Waals surface area (Å²) in [5.41, 5.74) is 1.22. The molecule has 0 saturated carbocycles. The summed E-state index contributed by atoms with van der Waals surface area (Å²) >= 11 is 0. The van der Waals surface area contributed by atoms with Crippen molar-refractivity contribution in [2.24, 2.45) is 5.92 Å². The van der Waals surface area contributed by atoms with Crippen LogP contribution in [0.2, 0.25) is 0 Å². The van der Waals surface area contributed by atoms with Crippen LogP contribution in [0, 0.1) is 5.92 Å². The lowest BCUT2D eigenvalue weighted by Gasteiger charge is -2.13. The molecular formula is C16H31N3O. The van der Waals surface area contributed by atoms with Crippen LogP contribution in [-0.2, 0) is 11.2 Å². The highest BCUT2D eigenvalue weighted by atomic mass is 16.5. The second-order valence-electron chi connectivity index (χ2n) is 5.60. The first-order valence-corrected chi connectivity index (χ1v) is 7.94. The van der Waals surface area contributed by atoms with Crippen molar-refractivity contribution in [2.45, 2.75) is 52.5 Å². The predicted molar refractivity (Wildman–Crippen MR) is 84.1 cm³/mol. The molecule has 1 rings (SSSR count). The molecule has 0 radical (unpaired) electrons. The van der Waals surface area contributed by atoms with Crippen LogP contribution < -0.4 is 5.32 Å². The van der Waals surface area contributed by atoms with E-state index in [1.807, 2.05) is 0 Å². The molecule has 0 saturated heterocycles. The van der Waals surface area contributed by atoms with Gasteiger partial charge < -0.3 is 10.1 Å². The van der Waals surface area contributed by atoms with Gasteiger partial charge in [0.2, 0.25) is 0 Å². The topological polar surface area (TPSA) is 39.1 Å². The maximum absolute atomic E-state index is 5.02. The monoisotopic (exact) mass is 281 g/mol. The maximum Gasteiger partial charge on any atom is 0.0624 e.